The summed E-state index contributed by atoms with van der Waals surface area (Å²) >= 11 is 0. The monoisotopic (exact) mass is 557 g/mol. The number of piperazine rings is 1. The molecule has 0 amide bonds. The van der Waals surface area contributed by atoms with Crippen molar-refractivity contribution < 1.29 is 13.2 Å². The molecule has 0 aromatic heterocycles. The summed E-state index contributed by atoms with van der Waals surface area (Å²) in [6, 6.07) is 0.846. The van der Waals surface area contributed by atoms with E-state index in [1.807, 2.05) is 13.8 Å². The lowest BCUT2D eigenvalue weighted by Crippen LogP contribution is -2.54. The number of ether oxygens (including phenoxy) is 1. The first-order valence-electron chi connectivity index (χ1n) is 11.3. The Hall–Kier alpha value is -0.170. The maximum atomic E-state index is 12.5. The van der Waals surface area contributed by atoms with E-state index in [1.165, 1.54) is 32.4 Å². The van der Waals surface area contributed by atoms with Crippen molar-refractivity contribution in [3.05, 3.63) is 0 Å². The van der Waals surface area contributed by atoms with Crippen molar-refractivity contribution in [2.45, 2.75) is 52.2 Å². The quantitative estimate of drug-likeness (QED) is 0.263. The molecule has 176 valence electrons. The average Bonchev–Trinajstić information content (AvgIpc) is 3.43. The predicted molar refractivity (Wildman–Crippen MR) is 132 cm³/mol. The van der Waals surface area contributed by atoms with E-state index in [2.05, 4.69) is 22.0 Å². The van der Waals surface area contributed by atoms with Crippen LogP contribution < -0.4 is 5.32 Å². The van der Waals surface area contributed by atoms with Crippen molar-refractivity contribution in [1.82, 2.24) is 19.4 Å². The highest BCUT2D eigenvalue weighted by Crippen LogP contribution is 2.31. The van der Waals surface area contributed by atoms with Gasteiger partial charge in [-0.25, -0.2) is 8.42 Å². The Kier molecular flexibility index (Phi) is 10.6. The van der Waals surface area contributed by atoms with Crippen LogP contribution in [-0.2, 0) is 14.8 Å². The van der Waals surface area contributed by atoms with Gasteiger partial charge in [-0.05, 0) is 52.5 Å². The van der Waals surface area contributed by atoms with Crippen molar-refractivity contribution in [3.63, 3.8) is 0 Å². The number of sulfonamides is 1. The largest absolute Gasteiger partial charge is 0.378 e. The van der Waals surface area contributed by atoms with E-state index in [1.54, 1.807) is 4.31 Å². The first kappa shape index (κ1) is 26.1. The Morgan fingerprint density at radius 1 is 1.13 bits per heavy atom. The van der Waals surface area contributed by atoms with E-state index in [-0.39, 0.29) is 42.4 Å². The van der Waals surface area contributed by atoms with Crippen LogP contribution in [0.4, 0.5) is 0 Å². The van der Waals surface area contributed by atoms with Gasteiger partial charge >= 0.3 is 0 Å². The van der Waals surface area contributed by atoms with Gasteiger partial charge in [0.1, 0.15) is 0 Å². The molecule has 1 atom stereocenters. The molecular formula is C20H40IN5O3S. The van der Waals surface area contributed by atoms with Crippen LogP contribution in [-0.4, -0.2) is 105 Å². The van der Waals surface area contributed by atoms with E-state index >= 15 is 0 Å². The first-order chi connectivity index (χ1) is 13.9. The Bertz CT molecular complexity index is 649. The zero-order valence-corrected chi connectivity index (χ0v) is 21.9. The number of hydrogen-bond donors (Lipinski definition) is 1. The van der Waals surface area contributed by atoms with Gasteiger partial charge in [0.05, 0.1) is 18.5 Å². The summed E-state index contributed by atoms with van der Waals surface area (Å²) in [5.74, 6) is 1.63. The average molecular weight is 558 g/mol. The normalized spacial score (nSPS) is 24.3. The zero-order valence-electron chi connectivity index (χ0n) is 18.8. The molecule has 3 fully saturated rings. The second-order valence-electron chi connectivity index (χ2n) is 8.70. The highest BCUT2D eigenvalue weighted by molar-refractivity contribution is 14.0. The summed E-state index contributed by atoms with van der Waals surface area (Å²) in [5, 5.41) is 3.40. The maximum absolute atomic E-state index is 12.5. The molecule has 2 aliphatic heterocycles. The molecule has 30 heavy (non-hydrogen) atoms. The number of rotatable bonds is 9. The van der Waals surface area contributed by atoms with Gasteiger partial charge in [-0.1, -0.05) is 0 Å². The number of halogens is 1. The molecule has 0 aromatic carbocycles. The van der Waals surface area contributed by atoms with Crippen LogP contribution in [0.5, 0.6) is 0 Å². The Labute approximate surface area is 199 Å². The second kappa shape index (κ2) is 12.2. The molecule has 0 spiro atoms. The number of hydrogen-bond acceptors (Lipinski definition) is 5. The van der Waals surface area contributed by atoms with Gasteiger partial charge in [0.2, 0.25) is 10.0 Å². The lowest BCUT2D eigenvalue weighted by Gasteiger charge is -2.36. The fourth-order valence-corrected chi connectivity index (χ4v) is 5.41. The molecule has 0 aromatic rings. The number of aliphatic imine (C=N–C) groups is 1. The highest BCUT2D eigenvalue weighted by Gasteiger charge is 2.34. The number of nitrogens with zero attached hydrogens (tertiary/aromatic N) is 4. The molecule has 3 rings (SSSR count). The minimum absolute atomic E-state index is 0. The molecule has 3 aliphatic rings. The molecule has 2 saturated heterocycles. The minimum atomic E-state index is -3.26. The van der Waals surface area contributed by atoms with Gasteiger partial charge in [0.25, 0.3) is 0 Å². The molecule has 0 radical (unpaired) electrons. The van der Waals surface area contributed by atoms with Gasteiger partial charge in [0.15, 0.2) is 5.96 Å². The molecule has 0 bridgehead atoms. The predicted octanol–water partition coefficient (Wildman–Crippen LogP) is 1.43. The molecule has 2 heterocycles. The number of guanidine groups is 1. The first-order valence-corrected chi connectivity index (χ1v) is 12.9. The second-order valence-corrected chi connectivity index (χ2v) is 10.8. The number of likely N-dealkylation sites (tertiary alicyclic amines) is 1. The lowest BCUT2D eigenvalue weighted by atomic mass is 10.1. The van der Waals surface area contributed by atoms with Crippen molar-refractivity contribution in [2.24, 2.45) is 10.9 Å². The maximum Gasteiger partial charge on any atom is 0.216 e. The van der Waals surface area contributed by atoms with Crippen molar-refractivity contribution in [3.8, 4) is 0 Å². The molecule has 10 heteroatoms. The van der Waals surface area contributed by atoms with Crippen LogP contribution >= 0.6 is 24.0 Å². The van der Waals surface area contributed by atoms with Crippen molar-refractivity contribution in [1.29, 1.82) is 0 Å². The molecule has 1 unspecified atom stereocenters. The van der Waals surface area contributed by atoms with Crippen LogP contribution in [0.25, 0.3) is 0 Å². The fraction of sp³-hybridized carbons (Fsp3) is 0.950. The molecule has 8 nitrogen and oxygen atoms in total. The third-order valence-corrected chi connectivity index (χ3v) is 7.77. The van der Waals surface area contributed by atoms with Crippen LogP contribution in [0.15, 0.2) is 4.99 Å². The van der Waals surface area contributed by atoms with E-state index in [9.17, 15) is 8.42 Å². The standard InChI is InChI=1S/C20H39N5O3S.HI/c1-4-21-20(22-15-18-7-8-24(16-18)19-5-6-19)23-9-11-25(12-10-23)29(26,27)14-13-28-17(2)3;/h17-19H,4-16H2,1-3H3,(H,21,22);1H. The topological polar surface area (TPSA) is 77.5 Å². The summed E-state index contributed by atoms with van der Waals surface area (Å²) in [6.45, 7) is 12.6. The lowest BCUT2D eigenvalue weighted by molar-refractivity contribution is 0.0904. The molecule has 1 aliphatic carbocycles. The Balaban J connectivity index is 0.00000320. The number of nitrogens with one attached hydrogen (secondary N) is 1. The van der Waals surface area contributed by atoms with Gasteiger partial charge < -0.3 is 19.9 Å². The van der Waals surface area contributed by atoms with Crippen LogP contribution in [0.3, 0.4) is 0 Å². The minimum Gasteiger partial charge on any atom is -0.378 e. The van der Waals surface area contributed by atoms with Crippen molar-refractivity contribution in [2.75, 3.05) is 64.7 Å². The zero-order chi connectivity index (χ0) is 20.9. The summed E-state index contributed by atoms with van der Waals surface area (Å²) in [4.78, 5) is 9.73. The SMILES string of the molecule is CCNC(=NCC1CCN(C2CC2)C1)N1CCN(S(=O)(=O)CCOC(C)C)CC1.I. The van der Waals surface area contributed by atoms with Gasteiger partial charge in [-0.2, -0.15) is 4.31 Å². The van der Waals surface area contributed by atoms with Gasteiger partial charge in [0, 0.05) is 51.9 Å². The van der Waals surface area contributed by atoms with E-state index in [0.717, 1.165) is 25.1 Å². The molecular weight excluding hydrogens is 517 g/mol. The highest BCUT2D eigenvalue weighted by atomic mass is 127. The Morgan fingerprint density at radius 3 is 2.43 bits per heavy atom. The molecule has 1 saturated carbocycles. The summed E-state index contributed by atoms with van der Waals surface area (Å²) in [7, 11) is -3.26. The van der Waals surface area contributed by atoms with Gasteiger partial charge in [-0.15, -0.1) is 24.0 Å². The third-order valence-electron chi connectivity index (χ3n) is 5.94. The fourth-order valence-electron chi connectivity index (χ4n) is 4.12. The smallest absolute Gasteiger partial charge is 0.216 e. The molecule has 1 N–H and O–H groups in total. The van der Waals surface area contributed by atoms with Crippen LogP contribution in [0, 0.1) is 5.92 Å². The van der Waals surface area contributed by atoms with E-state index in [4.69, 9.17) is 9.73 Å². The Morgan fingerprint density at radius 2 is 1.83 bits per heavy atom. The summed E-state index contributed by atoms with van der Waals surface area (Å²) in [6.07, 6.45) is 4.03. The third kappa shape index (κ3) is 7.75. The summed E-state index contributed by atoms with van der Waals surface area (Å²) in [5.41, 5.74) is 0. The van der Waals surface area contributed by atoms with Gasteiger partial charge in [-0.3, -0.25) is 4.99 Å². The van der Waals surface area contributed by atoms with Crippen molar-refractivity contribution >= 4 is 40.0 Å². The van der Waals surface area contributed by atoms with E-state index in [0.29, 0.717) is 32.1 Å². The summed E-state index contributed by atoms with van der Waals surface area (Å²) < 4.78 is 32.1. The van der Waals surface area contributed by atoms with Crippen LogP contribution in [0.2, 0.25) is 0 Å². The van der Waals surface area contributed by atoms with E-state index < -0.39 is 10.0 Å². The van der Waals surface area contributed by atoms with Crippen LogP contribution in [0.1, 0.15) is 40.0 Å².